The van der Waals surface area contributed by atoms with E-state index in [0.717, 1.165) is 37.3 Å². The molecule has 1 aliphatic rings. The number of amides is 1. The Balaban J connectivity index is 1.46. The van der Waals surface area contributed by atoms with Gasteiger partial charge in [0.2, 0.25) is 5.91 Å². The molecule has 1 saturated heterocycles. The van der Waals surface area contributed by atoms with Crippen LogP contribution >= 0.6 is 0 Å². The Kier molecular flexibility index (Phi) is 5.34. The standard InChI is InChI=1S/C19H24N8O/c1-2-26-13-18(23-24-26)22-19(28)14-27-12-15(11-21-27)16-5-3-4-6-17(16)25-9-7-20-8-10-25/h3-6,11-13,20H,2,7-10,14H2,1H3,(H,22,28). The number of hydrogen-bond acceptors (Lipinski definition) is 6. The Morgan fingerprint density at radius 3 is 2.79 bits per heavy atom. The smallest absolute Gasteiger partial charge is 0.247 e. The van der Waals surface area contributed by atoms with Crippen molar-refractivity contribution >= 4 is 17.4 Å². The molecule has 0 saturated carbocycles. The van der Waals surface area contributed by atoms with Crippen molar-refractivity contribution in [2.45, 2.75) is 20.0 Å². The molecule has 28 heavy (non-hydrogen) atoms. The average molecular weight is 380 g/mol. The SMILES string of the molecule is CCn1cc(NC(=O)Cn2cc(-c3ccccc3N3CCNCC3)cn2)nn1. The number of aromatic nitrogens is 5. The van der Waals surface area contributed by atoms with Crippen molar-refractivity contribution in [3.05, 3.63) is 42.9 Å². The molecule has 2 aromatic heterocycles. The van der Waals surface area contributed by atoms with Gasteiger partial charge in [0.05, 0.1) is 12.4 Å². The van der Waals surface area contributed by atoms with Gasteiger partial charge < -0.3 is 15.5 Å². The molecule has 3 aromatic rings. The lowest BCUT2D eigenvalue weighted by molar-refractivity contribution is -0.116. The third-order valence-corrected chi connectivity index (χ3v) is 4.74. The number of rotatable bonds is 6. The number of nitrogens with zero attached hydrogens (tertiary/aromatic N) is 6. The third kappa shape index (κ3) is 4.04. The summed E-state index contributed by atoms with van der Waals surface area (Å²) >= 11 is 0. The second-order valence-corrected chi connectivity index (χ2v) is 6.69. The van der Waals surface area contributed by atoms with Crippen molar-refractivity contribution in [1.82, 2.24) is 30.1 Å². The molecule has 0 spiro atoms. The van der Waals surface area contributed by atoms with E-state index >= 15 is 0 Å². The molecule has 9 heteroatoms. The number of benzene rings is 1. The summed E-state index contributed by atoms with van der Waals surface area (Å²) in [5.74, 6) is 0.261. The molecular formula is C19H24N8O. The first kappa shape index (κ1) is 18.2. The Hall–Kier alpha value is -3.20. The van der Waals surface area contributed by atoms with Gasteiger partial charge in [0.1, 0.15) is 6.54 Å². The van der Waals surface area contributed by atoms with Crippen LogP contribution in [0, 0.1) is 0 Å². The molecule has 0 aliphatic carbocycles. The van der Waals surface area contributed by atoms with Crippen LogP contribution in [-0.4, -0.2) is 56.9 Å². The zero-order chi connectivity index (χ0) is 19.3. The lowest BCUT2D eigenvalue weighted by atomic mass is 10.1. The molecule has 146 valence electrons. The maximum atomic E-state index is 12.3. The number of carbonyl (C=O) groups is 1. The van der Waals surface area contributed by atoms with Crippen LogP contribution in [-0.2, 0) is 17.9 Å². The van der Waals surface area contributed by atoms with Crippen molar-refractivity contribution in [3.8, 4) is 11.1 Å². The molecule has 0 radical (unpaired) electrons. The zero-order valence-corrected chi connectivity index (χ0v) is 15.9. The third-order valence-electron chi connectivity index (χ3n) is 4.74. The summed E-state index contributed by atoms with van der Waals surface area (Å²) in [6.07, 6.45) is 5.42. The molecule has 1 aliphatic heterocycles. The van der Waals surface area contributed by atoms with Crippen LogP contribution in [0.1, 0.15) is 6.92 Å². The first-order chi connectivity index (χ1) is 13.7. The van der Waals surface area contributed by atoms with E-state index in [9.17, 15) is 4.79 Å². The van der Waals surface area contributed by atoms with E-state index in [1.165, 1.54) is 5.69 Å². The predicted molar refractivity (Wildman–Crippen MR) is 107 cm³/mol. The largest absolute Gasteiger partial charge is 0.368 e. The van der Waals surface area contributed by atoms with Gasteiger partial charge in [-0.1, -0.05) is 23.4 Å². The van der Waals surface area contributed by atoms with Gasteiger partial charge in [-0.05, 0) is 13.0 Å². The van der Waals surface area contributed by atoms with Crippen molar-refractivity contribution in [1.29, 1.82) is 0 Å². The van der Waals surface area contributed by atoms with E-state index < -0.39 is 0 Å². The summed E-state index contributed by atoms with van der Waals surface area (Å²) in [7, 11) is 0. The van der Waals surface area contributed by atoms with E-state index in [0.29, 0.717) is 12.4 Å². The summed E-state index contributed by atoms with van der Waals surface area (Å²) in [4.78, 5) is 14.7. The van der Waals surface area contributed by atoms with Crippen molar-refractivity contribution in [2.24, 2.45) is 0 Å². The molecule has 3 heterocycles. The maximum absolute atomic E-state index is 12.3. The number of carbonyl (C=O) groups excluding carboxylic acids is 1. The van der Waals surface area contributed by atoms with Gasteiger partial charge >= 0.3 is 0 Å². The van der Waals surface area contributed by atoms with E-state index in [2.05, 4.69) is 49.1 Å². The van der Waals surface area contributed by atoms with Gasteiger partial charge in [-0.25, -0.2) is 0 Å². The molecule has 0 bridgehead atoms. The van der Waals surface area contributed by atoms with Crippen LogP contribution in [0.5, 0.6) is 0 Å². The van der Waals surface area contributed by atoms with Gasteiger partial charge in [-0.2, -0.15) is 5.10 Å². The molecule has 2 N–H and O–H groups in total. The molecule has 0 unspecified atom stereocenters. The maximum Gasteiger partial charge on any atom is 0.247 e. The molecule has 1 amide bonds. The number of para-hydroxylation sites is 1. The number of nitrogens with one attached hydrogen (secondary N) is 2. The van der Waals surface area contributed by atoms with Crippen LogP contribution in [0.4, 0.5) is 11.5 Å². The predicted octanol–water partition coefficient (Wildman–Crippen LogP) is 1.21. The van der Waals surface area contributed by atoms with Crippen LogP contribution in [0.2, 0.25) is 0 Å². The minimum atomic E-state index is -0.187. The van der Waals surface area contributed by atoms with Gasteiger partial charge in [-0.15, -0.1) is 5.10 Å². The van der Waals surface area contributed by atoms with Gasteiger partial charge in [0, 0.05) is 55.7 Å². The van der Waals surface area contributed by atoms with E-state index in [4.69, 9.17) is 0 Å². The lowest BCUT2D eigenvalue weighted by Crippen LogP contribution is -2.43. The zero-order valence-electron chi connectivity index (χ0n) is 15.9. The van der Waals surface area contributed by atoms with Crippen LogP contribution in [0.25, 0.3) is 11.1 Å². The minimum Gasteiger partial charge on any atom is -0.368 e. The Labute approximate surface area is 163 Å². The van der Waals surface area contributed by atoms with Crippen LogP contribution < -0.4 is 15.5 Å². The Bertz CT molecular complexity index is 941. The normalized spacial score (nSPS) is 14.2. The topological polar surface area (TPSA) is 92.9 Å². The monoisotopic (exact) mass is 380 g/mol. The summed E-state index contributed by atoms with van der Waals surface area (Å²) in [5.41, 5.74) is 3.32. The quantitative estimate of drug-likeness (QED) is 0.668. The van der Waals surface area contributed by atoms with Crippen molar-refractivity contribution in [2.75, 3.05) is 36.4 Å². The Morgan fingerprint density at radius 1 is 1.18 bits per heavy atom. The lowest BCUT2D eigenvalue weighted by Gasteiger charge is -2.31. The summed E-state index contributed by atoms with van der Waals surface area (Å²) in [5, 5.41) is 18.3. The fraction of sp³-hybridized carbons (Fsp3) is 0.368. The first-order valence-corrected chi connectivity index (χ1v) is 9.50. The number of aryl methyl sites for hydroxylation is 1. The Morgan fingerprint density at radius 2 is 2.00 bits per heavy atom. The second kappa shape index (κ2) is 8.22. The molecule has 4 rings (SSSR count). The number of hydrogen-bond donors (Lipinski definition) is 2. The summed E-state index contributed by atoms with van der Waals surface area (Å²) in [6.45, 7) is 6.71. The van der Waals surface area contributed by atoms with E-state index in [1.807, 2.05) is 25.4 Å². The molecular weight excluding hydrogens is 356 g/mol. The van der Waals surface area contributed by atoms with Gasteiger partial charge in [-0.3, -0.25) is 14.2 Å². The molecule has 1 fully saturated rings. The number of anilines is 2. The van der Waals surface area contributed by atoms with Gasteiger partial charge in [0.15, 0.2) is 5.82 Å². The highest BCUT2D eigenvalue weighted by atomic mass is 16.2. The number of piperazine rings is 1. The summed E-state index contributed by atoms with van der Waals surface area (Å²) in [6, 6.07) is 8.33. The fourth-order valence-corrected chi connectivity index (χ4v) is 3.33. The highest BCUT2D eigenvalue weighted by molar-refractivity contribution is 5.89. The van der Waals surface area contributed by atoms with Crippen LogP contribution in [0.3, 0.4) is 0 Å². The second-order valence-electron chi connectivity index (χ2n) is 6.69. The fourth-order valence-electron chi connectivity index (χ4n) is 3.33. The summed E-state index contributed by atoms with van der Waals surface area (Å²) < 4.78 is 3.30. The first-order valence-electron chi connectivity index (χ1n) is 9.50. The average Bonchev–Trinajstić information content (AvgIpc) is 3.38. The van der Waals surface area contributed by atoms with Gasteiger partial charge in [0.25, 0.3) is 0 Å². The molecule has 0 atom stereocenters. The van der Waals surface area contributed by atoms with Crippen molar-refractivity contribution < 1.29 is 4.79 Å². The van der Waals surface area contributed by atoms with E-state index in [1.54, 1.807) is 15.6 Å². The van der Waals surface area contributed by atoms with E-state index in [-0.39, 0.29) is 12.5 Å². The molecule has 1 aromatic carbocycles. The highest BCUT2D eigenvalue weighted by Crippen LogP contribution is 2.30. The highest BCUT2D eigenvalue weighted by Gasteiger charge is 2.16. The van der Waals surface area contributed by atoms with Crippen LogP contribution in [0.15, 0.2) is 42.9 Å². The molecule has 9 nitrogen and oxygen atoms in total. The minimum absolute atomic E-state index is 0.120. The van der Waals surface area contributed by atoms with Crippen molar-refractivity contribution in [3.63, 3.8) is 0 Å².